The van der Waals surface area contributed by atoms with Crippen LogP contribution in [-0.4, -0.2) is 11.7 Å². The SMILES string of the molecule is O/C=C/CCCOCc1ccccc1. The van der Waals surface area contributed by atoms with E-state index in [9.17, 15) is 0 Å². The minimum absolute atomic E-state index is 0.670. The first-order chi connectivity index (χ1) is 6.93. The molecule has 1 N–H and O–H groups in total. The van der Waals surface area contributed by atoms with Crippen molar-refractivity contribution in [3.63, 3.8) is 0 Å². The second kappa shape index (κ2) is 7.15. The molecule has 0 aromatic heterocycles. The standard InChI is InChI=1S/C12H16O2/c13-9-5-2-6-10-14-11-12-7-3-1-4-8-12/h1,3-5,7-9,13H,2,6,10-11H2/b9-5+. The second-order valence-electron chi connectivity index (χ2n) is 3.07. The Morgan fingerprint density at radius 1 is 1.21 bits per heavy atom. The fraction of sp³-hybridized carbons (Fsp3) is 0.333. The Labute approximate surface area is 84.8 Å². The highest BCUT2D eigenvalue weighted by atomic mass is 16.5. The predicted octanol–water partition coefficient (Wildman–Crippen LogP) is 3.06. The molecule has 0 atom stereocenters. The molecule has 0 unspecified atom stereocenters. The maximum Gasteiger partial charge on any atom is 0.0751 e. The van der Waals surface area contributed by atoms with Crippen molar-refractivity contribution in [2.45, 2.75) is 19.4 Å². The van der Waals surface area contributed by atoms with Gasteiger partial charge in [0.15, 0.2) is 0 Å². The lowest BCUT2D eigenvalue weighted by molar-refractivity contribution is 0.119. The summed E-state index contributed by atoms with van der Waals surface area (Å²) >= 11 is 0. The molecule has 0 heterocycles. The lowest BCUT2D eigenvalue weighted by Crippen LogP contribution is -1.94. The molecule has 0 saturated heterocycles. The largest absolute Gasteiger partial charge is 0.516 e. The van der Waals surface area contributed by atoms with Crippen LogP contribution < -0.4 is 0 Å². The first kappa shape index (κ1) is 10.8. The highest BCUT2D eigenvalue weighted by molar-refractivity contribution is 5.13. The summed E-state index contributed by atoms with van der Waals surface area (Å²) in [7, 11) is 0. The molecule has 1 rings (SSSR count). The fourth-order valence-electron chi connectivity index (χ4n) is 1.14. The topological polar surface area (TPSA) is 29.5 Å². The van der Waals surface area contributed by atoms with E-state index in [1.807, 2.05) is 30.3 Å². The van der Waals surface area contributed by atoms with Gasteiger partial charge in [-0.15, -0.1) is 0 Å². The van der Waals surface area contributed by atoms with Gasteiger partial charge in [-0.2, -0.15) is 0 Å². The average Bonchev–Trinajstić information content (AvgIpc) is 2.25. The van der Waals surface area contributed by atoms with Crippen molar-refractivity contribution in [2.75, 3.05) is 6.61 Å². The first-order valence-corrected chi connectivity index (χ1v) is 4.84. The van der Waals surface area contributed by atoms with Gasteiger partial charge in [-0.05, 0) is 18.4 Å². The molecule has 0 bridgehead atoms. The summed E-state index contributed by atoms with van der Waals surface area (Å²) in [5.74, 6) is 0. The molecule has 0 fully saturated rings. The van der Waals surface area contributed by atoms with Crippen molar-refractivity contribution in [3.8, 4) is 0 Å². The summed E-state index contributed by atoms with van der Waals surface area (Å²) < 4.78 is 5.45. The number of unbranched alkanes of at least 4 members (excludes halogenated alkanes) is 1. The van der Waals surface area contributed by atoms with Gasteiger partial charge in [0.05, 0.1) is 12.9 Å². The van der Waals surface area contributed by atoms with Gasteiger partial charge in [-0.1, -0.05) is 36.4 Å². The first-order valence-electron chi connectivity index (χ1n) is 4.84. The van der Waals surface area contributed by atoms with Crippen molar-refractivity contribution in [1.29, 1.82) is 0 Å². The third kappa shape index (κ3) is 4.67. The molecule has 0 amide bonds. The smallest absolute Gasteiger partial charge is 0.0751 e. The van der Waals surface area contributed by atoms with Crippen LogP contribution in [0, 0.1) is 0 Å². The molecule has 2 nitrogen and oxygen atoms in total. The molecule has 0 aliphatic heterocycles. The molecule has 0 radical (unpaired) electrons. The van der Waals surface area contributed by atoms with Gasteiger partial charge in [-0.25, -0.2) is 0 Å². The zero-order chi connectivity index (χ0) is 10.1. The van der Waals surface area contributed by atoms with Crippen molar-refractivity contribution < 1.29 is 9.84 Å². The molecule has 1 aromatic carbocycles. The van der Waals surface area contributed by atoms with Crippen LogP contribution in [0.3, 0.4) is 0 Å². The number of rotatable bonds is 6. The molecule has 0 saturated carbocycles. The van der Waals surface area contributed by atoms with Crippen LogP contribution >= 0.6 is 0 Å². The maximum absolute atomic E-state index is 8.38. The maximum atomic E-state index is 8.38. The van der Waals surface area contributed by atoms with Crippen LogP contribution in [0.1, 0.15) is 18.4 Å². The summed E-state index contributed by atoms with van der Waals surface area (Å²) in [6, 6.07) is 10.1. The van der Waals surface area contributed by atoms with Crippen LogP contribution in [0.5, 0.6) is 0 Å². The van der Waals surface area contributed by atoms with E-state index in [1.54, 1.807) is 6.08 Å². The summed E-state index contributed by atoms with van der Waals surface area (Å²) in [5, 5.41) is 8.38. The molecule has 14 heavy (non-hydrogen) atoms. The highest BCUT2D eigenvalue weighted by Crippen LogP contribution is 2.01. The molecule has 76 valence electrons. The van der Waals surface area contributed by atoms with Gasteiger partial charge in [-0.3, -0.25) is 0 Å². The van der Waals surface area contributed by atoms with E-state index < -0.39 is 0 Å². The number of hydrogen-bond acceptors (Lipinski definition) is 2. The Kier molecular flexibility index (Phi) is 5.52. The number of allylic oxidation sites excluding steroid dienone is 1. The number of benzene rings is 1. The second-order valence-corrected chi connectivity index (χ2v) is 3.07. The van der Waals surface area contributed by atoms with Crippen molar-refractivity contribution in [3.05, 3.63) is 48.2 Å². The van der Waals surface area contributed by atoms with E-state index in [1.165, 1.54) is 5.56 Å². The van der Waals surface area contributed by atoms with Gasteiger partial charge in [0, 0.05) is 6.61 Å². The normalized spacial score (nSPS) is 10.9. The lowest BCUT2D eigenvalue weighted by atomic mass is 10.2. The molecule has 0 aliphatic rings. The Balaban J connectivity index is 2.05. The minimum atomic E-state index is 0.670. The van der Waals surface area contributed by atoms with Crippen LogP contribution in [0.25, 0.3) is 0 Å². The van der Waals surface area contributed by atoms with Gasteiger partial charge in [0.1, 0.15) is 0 Å². The van der Waals surface area contributed by atoms with Crippen LogP contribution in [-0.2, 0) is 11.3 Å². The summed E-state index contributed by atoms with van der Waals surface area (Å²) in [4.78, 5) is 0. The van der Waals surface area contributed by atoms with Crippen LogP contribution in [0.15, 0.2) is 42.7 Å². The van der Waals surface area contributed by atoms with E-state index in [0.29, 0.717) is 6.61 Å². The Hall–Kier alpha value is -1.28. The van der Waals surface area contributed by atoms with Gasteiger partial charge >= 0.3 is 0 Å². The van der Waals surface area contributed by atoms with E-state index in [4.69, 9.17) is 9.84 Å². The molecule has 1 aromatic rings. The highest BCUT2D eigenvalue weighted by Gasteiger charge is 1.90. The van der Waals surface area contributed by atoms with Crippen LogP contribution in [0.2, 0.25) is 0 Å². The van der Waals surface area contributed by atoms with Crippen LogP contribution in [0.4, 0.5) is 0 Å². The number of aliphatic hydroxyl groups excluding tert-OH is 1. The molecular formula is C12H16O2. The van der Waals surface area contributed by atoms with Crippen molar-refractivity contribution in [1.82, 2.24) is 0 Å². The Morgan fingerprint density at radius 2 is 2.00 bits per heavy atom. The predicted molar refractivity (Wildman–Crippen MR) is 57.1 cm³/mol. The Morgan fingerprint density at radius 3 is 2.71 bits per heavy atom. The van der Waals surface area contributed by atoms with Gasteiger partial charge < -0.3 is 9.84 Å². The number of hydrogen-bond donors (Lipinski definition) is 1. The molecular weight excluding hydrogens is 176 g/mol. The number of aliphatic hydroxyl groups is 1. The quantitative estimate of drug-likeness (QED) is 0.554. The monoisotopic (exact) mass is 192 g/mol. The van der Waals surface area contributed by atoms with E-state index in [-0.39, 0.29) is 0 Å². The summed E-state index contributed by atoms with van der Waals surface area (Å²) in [6.07, 6.45) is 4.62. The zero-order valence-corrected chi connectivity index (χ0v) is 8.23. The van der Waals surface area contributed by atoms with E-state index >= 15 is 0 Å². The average molecular weight is 192 g/mol. The lowest BCUT2D eigenvalue weighted by Gasteiger charge is -2.02. The summed E-state index contributed by atoms with van der Waals surface area (Å²) in [5.41, 5.74) is 1.20. The molecule has 0 aliphatic carbocycles. The Bertz CT molecular complexity index is 254. The molecule has 2 heteroatoms. The molecule has 0 spiro atoms. The van der Waals surface area contributed by atoms with Crippen molar-refractivity contribution >= 4 is 0 Å². The zero-order valence-electron chi connectivity index (χ0n) is 8.23. The number of ether oxygens (including phenoxy) is 1. The fourth-order valence-corrected chi connectivity index (χ4v) is 1.14. The third-order valence-electron chi connectivity index (χ3n) is 1.88. The van der Waals surface area contributed by atoms with E-state index in [2.05, 4.69) is 0 Å². The van der Waals surface area contributed by atoms with Crippen molar-refractivity contribution in [2.24, 2.45) is 0 Å². The summed E-state index contributed by atoms with van der Waals surface area (Å²) in [6.45, 7) is 1.41. The van der Waals surface area contributed by atoms with E-state index in [0.717, 1.165) is 25.7 Å². The minimum Gasteiger partial charge on any atom is -0.516 e. The third-order valence-corrected chi connectivity index (χ3v) is 1.88. The van der Waals surface area contributed by atoms with Gasteiger partial charge in [0.2, 0.25) is 0 Å². The van der Waals surface area contributed by atoms with Gasteiger partial charge in [0.25, 0.3) is 0 Å².